The first-order valence-corrected chi connectivity index (χ1v) is 17.9. The zero-order chi connectivity index (χ0) is 29.8. The van der Waals surface area contributed by atoms with Crippen LogP contribution < -0.4 is 10.2 Å². The van der Waals surface area contributed by atoms with Crippen LogP contribution in [-0.2, 0) is 29.1 Å². The molecule has 0 aliphatic carbocycles. The van der Waals surface area contributed by atoms with Crippen molar-refractivity contribution in [2.24, 2.45) is 0 Å². The molecule has 0 aliphatic heterocycles. The average Bonchev–Trinajstić information content (AvgIpc) is 2.93. The number of aliphatic carboxylic acids is 2. The van der Waals surface area contributed by atoms with Crippen LogP contribution in [0.15, 0.2) is 0 Å². The SMILES string of the molecule is CCCCCCCCCCCCCCCCCC(=O)[O-].CCCCCCCCCCCCCCCCCC(=O)[O-].[Ca+2].[Zn+2]. The predicted octanol–water partition coefficient (Wildman–Crippen LogP) is 9.61. The Morgan fingerprint density at radius 3 is 0.619 bits per heavy atom. The second kappa shape index (κ2) is 46.2. The molecule has 0 amide bonds. The van der Waals surface area contributed by atoms with Gasteiger partial charge in [0.25, 0.3) is 0 Å². The van der Waals surface area contributed by atoms with Crippen LogP contribution in [0, 0.1) is 0 Å². The van der Waals surface area contributed by atoms with Crippen molar-refractivity contribution < 1.29 is 39.3 Å². The molecule has 42 heavy (non-hydrogen) atoms. The molecule has 0 bridgehead atoms. The Hall–Kier alpha value is 0.823. The van der Waals surface area contributed by atoms with Crippen LogP contribution in [0.3, 0.4) is 0 Å². The molecule has 0 atom stereocenters. The number of rotatable bonds is 32. The quantitative estimate of drug-likeness (QED) is 0.0527. The maximum Gasteiger partial charge on any atom is 2.00 e. The third-order valence-corrected chi connectivity index (χ3v) is 7.97. The van der Waals surface area contributed by atoms with Gasteiger partial charge in [0.15, 0.2) is 0 Å². The van der Waals surface area contributed by atoms with Gasteiger partial charge in [0, 0.05) is 11.9 Å². The zero-order valence-corrected chi connectivity index (χ0v) is 33.9. The van der Waals surface area contributed by atoms with Crippen LogP contribution in [0.1, 0.15) is 219 Å². The number of hydrogen-bond donors (Lipinski definition) is 0. The molecule has 0 radical (unpaired) electrons. The molecule has 4 nitrogen and oxygen atoms in total. The largest absolute Gasteiger partial charge is 2.00 e. The molecule has 0 saturated heterocycles. The Kier molecular flexibility index (Phi) is 54.7. The first-order valence-electron chi connectivity index (χ1n) is 17.9. The molecule has 0 aromatic rings. The monoisotopic (exact) mass is 670 g/mol. The van der Waals surface area contributed by atoms with Crippen molar-refractivity contribution in [2.45, 2.75) is 219 Å². The van der Waals surface area contributed by atoms with E-state index in [0.29, 0.717) is 0 Å². The molecule has 0 spiro atoms. The van der Waals surface area contributed by atoms with Crippen LogP contribution in [0.5, 0.6) is 0 Å². The van der Waals surface area contributed by atoms with Gasteiger partial charge in [-0.1, -0.05) is 194 Å². The van der Waals surface area contributed by atoms with E-state index in [0.717, 1.165) is 25.7 Å². The number of unbranched alkanes of at least 4 members (excludes halogenated alkanes) is 28. The molecule has 0 aromatic heterocycles. The van der Waals surface area contributed by atoms with Gasteiger partial charge >= 0.3 is 57.2 Å². The van der Waals surface area contributed by atoms with E-state index in [-0.39, 0.29) is 70.1 Å². The summed E-state index contributed by atoms with van der Waals surface area (Å²) >= 11 is 0. The maximum atomic E-state index is 10.2. The molecule has 0 N–H and O–H groups in total. The number of carboxylic acid groups (broad SMARTS) is 2. The van der Waals surface area contributed by atoms with Crippen LogP contribution >= 0.6 is 0 Å². The summed E-state index contributed by atoms with van der Waals surface area (Å²) in [4.78, 5) is 20.4. The van der Waals surface area contributed by atoms with E-state index in [2.05, 4.69) is 13.8 Å². The number of carboxylic acids is 2. The van der Waals surface area contributed by atoms with E-state index in [1.807, 2.05) is 0 Å². The molecule has 0 aliphatic rings. The minimum absolute atomic E-state index is 0. The van der Waals surface area contributed by atoms with Crippen LogP contribution in [0.2, 0.25) is 0 Å². The summed E-state index contributed by atoms with van der Waals surface area (Å²) in [5.74, 6) is -1.81. The second-order valence-corrected chi connectivity index (χ2v) is 12.1. The maximum absolute atomic E-state index is 10.2. The second-order valence-electron chi connectivity index (χ2n) is 12.1. The van der Waals surface area contributed by atoms with Crippen molar-refractivity contribution in [3.8, 4) is 0 Å². The number of carbonyl (C=O) groups is 2. The topological polar surface area (TPSA) is 80.3 Å². The van der Waals surface area contributed by atoms with Crippen LogP contribution in [0.25, 0.3) is 0 Å². The molecule has 0 unspecified atom stereocenters. The molecule has 0 fully saturated rings. The minimum Gasteiger partial charge on any atom is -0.550 e. The standard InChI is InChI=1S/2C18H36O2.Ca.Zn/c2*1-2-3-4-5-6-7-8-9-10-11-12-13-14-15-16-17-18(19)20;;/h2*2-17H2,1H3,(H,19,20);;/q;;2*+2/p-2. The molecule has 0 heterocycles. The molecular formula is C36H70CaO4Zn+2. The average molecular weight is 672 g/mol. The van der Waals surface area contributed by atoms with Gasteiger partial charge in [0.1, 0.15) is 0 Å². The van der Waals surface area contributed by atoms with Crippen molar-refractivity contribution in [3.63, 3.8) is 0 Å². The fourth-order valence-electron chi connectivity index (χ4n) is 5.28. The van der Waals surface area contributed by atoms with E-state index in [1.165, 1.54) is 167 Å². The summed E-state index contributed by atoms with van der Waals surface area (Å²) in [5.41, 5.74) is 0. The Morgan fingerprint density at radius 2 is 0.476 bits per heavy atom. The number of hydrogen-bond acceptors (Lipinski definition) is 4. The molecule has 0 saturated carbocycles. The fraction of sp³-hybridized carbons (Fsp3) is 0.944. The summed E-state index contributed by atoms with van der Waals surface area (Å²) in [6, 6.07) is 0. The van der Waals surface area contributed by atoms with Crippen molar-refractivity contribution in [1.82, 2.24) is 0 Å². The van der Waals surface area contributed by atoms with Gasteiger partial charge in [0.05, 0.1) is 0 Å². The summed E-state index contributed by atoms with van der Waals surface area (Å²) in [7, 11) is 0. The van der Waals surface area contributed by atoms with E-state index in [9.17, 15) is 19.8 Å². The van der Waals surface area contributed by atoms with Crippen LogP contribution in [-0.4, -0.2) is 49.7 Å². The normalized spacial score (nSPS) is 10.3. The van der Waals surface area contributed by atoms with E-state index in [1.54, 1.807) is 0 Å². The molecule has 0 aromatic carbocycles. The Bertz CT molecular complexity index is 461. The Morgan fingerprint density at radius 1 is 0.333 bits per heavy atom. The Labute approximate surface area is 305 Å². The zero-order valence-electron chi connectivity index (χ0n) is 28.7. The van der Waals surface area contributed by atoms with Crippen LogP contribution in [0.4, 0.5) is 0 Å². The van der Waals surface area contributed by atoms with Crippen molar-refractivity contribution >= 4 is 49.7 Å². The summed E-state index contributed by atoms with van der Waals surface area (Å²) in [6.07, 6.45) is 39.7. The van der Waals surface area contributed by atoms with Gasteiger partial charge in [-0.2, -0.15) is 0 Å². The first kappa shape index (κ1) is 49.7. The van der Waals surface area contributed by atoms with Gasteiger partial charge in [0.2, 0.25) is 0 Å². The minimum atomic E-state index is -0.903. The summed E-state index contributed by atoms with van der Waals surface area (Å²) in [5, 5.41) is 20.4. The molecule has 240 valence electrons. The van der Waals surface area contributed by atoms with Crippen molar-refractivity contribution in [3.05, 3.63) is 0 Å². The summed E-state index contributed by atoms with van der Waals surface area (Å²) < 4.78 is 0. The summed E-state index contributed by atoms with van der Waals surface area (Å²) in [6.45, 7) is 4.53. The third kappa shape index (κ3) is 53.4. The Balaban J connectivity index is -0.000000328. The van der Waals surface area contributed by atoms with E-state index >= 15 is 0 Å². The fourth-order valence-corrected chi connectivity index (χ4v) is 5.28. The smallest absolute Gasteiger partial charge is 0.550 e. The molecule has 6 heteroatoms. The molecular weight excluding hydrogens is 602 g/mol. The van der Waals surface area contributed by atoms with Gasteiger partial charge in [-0.05, 0) is 25.7 Å². The van der Waals surface area contributed by atoms with E-state index in [4.69, 9.17) is 0 Å². The van der Waals surface area contributed by atoms with E-state index < -0.39 is 11.9 Å². The van der Waals surface area contributed by atoms with Gasteiger partial charge in [-0.3, -0.25) is 0 Å². The molecule has 0 rings (SSSR count). The first-order chi connectivity index (χ1) is 19.5. The van der Waals surface area contributed by atoms with Crippen molar-refractivity contribution in [2.75, 3.05) is 0 Å². The van der Waals surface area contributed by atoms with Gasteiger partial charge in [-0.25, -0.2) is 0 Å². The third-order valence-electron chi connectivity index (χ3n) is 7.97. The van der Waals surface area contributed by atoms with Gasteiger partial charge < -0.3 is 19.8 Å². The van der Waals surface area contributed by atoms with Crippen molar-refractivity contribution in [1.29, 1.82) is 0 Å². The van der Waals surface area contributed by atoms with Gasteiger partial charge in [-0.15, -0.1) is 0 Å². The number of carbonyl (C=O) groups excluding carboxylic acids is 2. The predicted molar refractivity (Wildman–Crippen MR) is 175 cm³/mol.